The first kappa shape index (κ1) is 76.2. The van der Waals surface area contributed by atoms with Crippen LogP contribution in [-0.2, 0) is 19.4 Å². The molecule has 0 aromatic heterocycles. The molecule has 2 unspecified atom stereocenters. The van der Waals surface area contributed by atoms with Crippen molar-refractivity contribution >= 4 is 16.4 Å². The van der Waals surface area contributed by atoms with Crippen LogP contribution in [-0.4, -0.2) is 86.9 Å². The fraction of sp³-hybridized carbons (Fsp3) is 0.984. The molecule has 11 heteroatoms. The Morgan fingerprint density at radius 2 is 0.627 bits per heavy atom. The molecule has 0 aromatic rings. The maximum atomic E-state index is 10.2. The zero-order valence-electron chi connectivity index (χ0n) is 51.5. The molecule has 0 spiro atoms. The first-order valence-electron chi connectivity index (χ1n) is 33.5. The summed E-state index contributed by atoms with van der Waals surface area (Å²) < 4.78 is 32.0. The highest BCUT2D eigenvalue weighted by Crippen LogP contribution is 2.18. The summed E-state index contributed by atoms with van der Waals surface area (Å²) in [6.07, 6.45) is 68.2. The third kappa shape index (κ3) is 60.7. The Bertz CT molecular complexity index is 1160. The van der Waals surface area contributed by atoms with Gasteiger partial charge in [0.15, 0.2) is 0 Å². The number of hydrogen-bond acceptors (Lipinski definition) is 8. The van der Waals surface area contributed by atoms with E-state index in [9.17, 15) is 22.9 Å². The highest BCUT2D eigenvalue weighted by Gasteiger charge is 2.26. The van der Waals surface area contributed by atoms with Gasteiger partial charge in [-0.3, -0.25) is 4.18 Å². The van der Waals surface area contributed by atoms with Crippen molar-refractivity contribution in [3.8, 4) is 0 Å². The molecule has 2 saturated heterocycles. The molecule has 0 radical (unpaired) electrons. The largest absolute Gasteiger partial charge is 0.726 e. The van der Waals surface area contributed by atoms with E-state index in [1.165, 1.54) is 335 Å². The van der Waals surface area contributed by atoms with Gasteiger partial charge in [-0.15, -0.1) is 0 Å². The second-order valence-electron chi connectivity index (χ2n) is 22.8. The minimum Gasteiger partial charge on any atom is -0.726 e. The smallest absolute Gasteiger partial charge is 0.217 e. The third-order valence-corrected chi connectivity index (χ3v) is 16.4. The predicted octanol–water partition coefficient (Wildman–Crippen LogP) is 15.4. The Kier molecular flexibility index (Phi) is 63.4. The lowest BCUT2D eigenvalue weighted by atomic mass is 10.0. The molecule has 452 valence electrons. The number of carbonyl (C=O) groups is 1. The van der Waals surface area contributed by atoms with Gasteiger partial charge in [-0.1, -0.05) is 304 Å². The molecule has 2 fully saturated rings. The van der Waals surface area contributed by atoms with E-state index in [4.69, 9.17) is 0 Å². The Labute approximate surface area is 469 Å². The summed E-state index contributed by atoms with van der Waals surface area (Å²) in [4.78, 5) is 15.5. The SMILES string of the molecule is CCCCCCCCCCCCCCCCCC(=O)[O-].CCCCCCCCCCCCCCCCCC1[NH2+]CCN1CC.CCCCCCCCCCCCCCCCCC1[NH2+]CCN1CC.CCOS(=O)(=O)[O-]. The van der Waals surface area contributed by atoms with Gasteiger partial charge in [-0.2, -0.15) is 0 Å². The van der Waals surface area contributed by atoms with E-state index in [0.717, 1.165) is 25.2 Å². The van der Waals surface area contributed by atoms with Gasteiger partial charge in [0.1, 0.15) is 12.3 Å². The molecule has 0 bridgehead atoms. The lowest BCUT2D eigenvalue weighted by Crippen LogP contribution is -2.88. The van der Waals surface area contributed by atoms with E-state index < -0.39 is 16.4 Å². The quantitative estimate of drug-likeness (QED) is 0.0348. The van der Waals surface area contributed by atoms with Crippen LogP contribution < -0.4 is 15.7 Å². The van der Waals surface area contributed by atoms with Crippen LogP contribution in [0.4, 0.5) is 0 Å². The first-order chi connectivity index (χ1) is 36.6. The maximum Gasteiger partial charge on any atom is 0.217 e. The van der Waals surface area contributed by atoms with Gasteiger partial charge in [0.05, 0.1) is 32.8 Å². The number of hydrogen-bond donors (Lipinski definition) is 2. The second-order valence-corrected chi connectivity index (χ2v) is 23.9. The average molecular weight is 1090 g/mol. The summed E-state index contributed by atoms with van der Waals surface area (Å²) in [7, 11) is -4.42. The van der Waals surface area contributed by atoms with Crippen molar-refractivity contribution < 1.29 is 37.7 Å². The van der Waals surface area contributed by atoms with Crippen LogP contribution in [0.25, 0.3) is 0 Å². The van der Waals surface area contributed by atoms with Crippen molar-refractivity contribution in [2.75, 3.05) is 45.9 Å². The number of aliphatic carboxylic acids is 1. The molecule has 0 aliphatic carbocycles. The molecule has 0 saturated carbocycles. The normalized spacial score (nSPS) is 15.8. The molecular formula is C64H134N4O6S. The van der Waals surface area contributed by atoms with Crippen LogP contribution >= 0.6 is 0 Å². The van der Waals surface area contributed by atoms with Gasteiger partial charge in [-0.25, -0.2) is 18.2 Å². The van der Waals surface area contributed by atoms with Gasteiger partial charge in [0, 0.05) is 31.9 Å². The van der Waals surface area contributed by atoms with Gasteiger partial charge < -0.3 is 25.1 Å². The van der Waals surface area contributed by atoms with E-state index >= 15 is 0 Å². The molecular weight excluding hydrogens is 953 g/mol. The highest BCUT2D eigenvalue weighted by atomic mass is 32.3. The number of quaternary nitrogens is 2. The lowest BCUT2D eigenvalue weighted by Gasteiger charge is -2.18. The Hall–Kier alpha value is -0.820. The zero-order chi connectivity index (χ0) is 55.4. The molecule has 2 heterocycles. The molecule has 2 atom stereocenters. The summed E-state index contributed by atoms with van der Waals surface area (Å²) in [5.41, 5.74) is 0. The number of carboxylic acid groups (broad SMARTS) is 1. The molecule has 2 aliphatic rings. The zero-order valence-corrected chi connectivity index (χ0v) is 52.3. The van der Waals surface area contributed by atoms with Crippen molar-refractivity contribution in [1.82, 2.24) is 9.80 Å². The summed E-state index contributed by atoms with van der Waals surface area (Å²) in [6.45, 7) is 20.5. The van der Waals surface area contributed by atoms with E-state index in [2.05, 4.69) is 59.2 Å². The van der Waals surface area contributed by atoms with Crippen molar-refractivity contribution in [2.24, 2.45) is 0 Å². The van der Waals surface area contributed by atoms with Gasteiger partial charge >= 0.3 is 0 Å². The summed E-state index contributed by atoms with van der Waals surface area (Å²) in [6, 6.07) is 0. The molecule has 10 nitrogen and oxygen atoms in total. The summed E-state index contributed by atoms with van der Waals surface area (Å²) in [5.74, 6) is -0.903. The van der Waals surface area contributed by atoms with Gasteiger partial charge in [0.2, 0.25) is 10.4 Å². The third-order valence-electron chi connectivity index (χ3n) is 15.9. The van der Waals surface area contributed by atoms with E-state index in [-0.39, 0.29) is 13.0 Å². The summed E-state index contributed by atoms with van der Waals surface area (Å²) >= 11 is 0. The Morgan fingerprint density at radius 1 is 0.400 bits per heavy atom. The standard InChI is InChI=1S/2C22H46N2.C18H36O2.C2H6O4S/c2*1-3-5-6-7-8-9-10-11-12-13-14-15-16-17-18-19-22-23-20-21-24(22)4-2;1-2-3-4-5-6-7-8-9-10-11-12-13-14-15-16-17-18(19)20;1-2-6-7(3,4)5/h2*22-23H,3-21H2,1-2H3;2-17H2,1H3,(H,19,20);2H2,1H3,(H,3,4,5). The molecule has 0 aromatic carbocycles. The molecule has 4 N–H and O–H groups in total. The topological polar surface area (TPSA) is 146 Å². The minimum atomic E-state index is -4.42. The average Bonchev–Trinajstić information content (AvgIpc) is 4.07. The van der Waals surface area contributed by atoms with Crippen LogP contribution in [0.3, 0.4) is 0 Å². The molecule has 0 amide bonds. The van der Waals surface area contributed by atoms with Crippen LogP contribution in [0.2, 0.25) is 0 Å². The predicted molar refractivity (Wildman–Crippen MR) is 321 cm³/mol. The second kappa shape index (κ2) is 62.4. The maximum absolute atomic E-state index is 10.2. The van der Waals surface area contributed by atoms with Gasteiger partial charge in [-0.05, 0) is 32.6 Å². The van der Waals surface area contributed by atoms with Gasteiger partial charge in [0.25, 0.3) is 0 Å². The van der Waals surface area contributed by atoms with Crippen molar-refractivity contribution in [1.29, 1.82) is 0 Å². The van der Waals surface area contributed by atoms with Crippen molar-refractivity contribution in [3.63, 3.8) is 0 Å². The first-order valence-corrected chi connectivity index (χ1v) is 34.9. The fourth-order valence-corrected chi connectivity index (χ4v) is 11.4. The minimum absolute atomic E-state index is 0.0914. The van der Waals surface area contributed by atoms with Crippen LogP contribution in [0.15, 0.2) is 0 Å². The number of nitrogens with zero attached hydrogens (tertiary/aromatic N) is 2. The molecule has 75 heavy (non-hydrogen) atoms. The molecule has 2 aliphatic heterocycles. The van der Waals surface area contributed by atoms with Crippen LogP contribution in [0, 0.1) is 0 Å². The fourth-order valence-electron chi connectivity index (χ4n) is 11.1. The Balaban J connectivity index is 0. The summed E-state index contributed by atoms with van der Waals surface area (Å²) in [5, 5.41) is 15.3. The number of carboxylic acids is 1. The number of carbonyl (C=O) groups excluding carboxylic acids is 1. The van der Waals surface area contributed by atoms with Crippen LogP contribution in [0.5, 0.6) is 0 Å². The number of unbranched alkanes of at least 4 members (excludes halogenated alkanes) is 42. The monoisotopic (exact) mass is 1090 g/mol. The van der Waals surface area contributed by atoms with Crippen molar-refractivity contribution in [3.05, 3.63) is 0 Å². The Morgan fingerprint density at radius 3 is 0.813 bits per heavy atom. The number of likely N-dealkylation sites (N-methyl/N-ethyl adjacent to an activating group) is 2. The molecule has 2 rings (SSSR count). The van der Waals surface area contributed by atoms with E-state index in [1.54, 1.807) is 0 Å². The highest BCUT2D eigenvalue weighted by molar-refractivity contribution is 7.80. The lowest BCUT2D eigenvalue weighted by molar-refractivity contribution is -0.680. The van der Waals surface area contributed by atoms with Crippen LogP contribution in [0.1, 0.15) is 350 Å². The number of nitrogens with two attached hydrogens (primary N) is 2. The van der Waals surface area contributed by atoms with Crippen molar-refractivity contribution in [2.45, 2.75) is 362 Å². The number of rotatable bonds is 52. The van der Waals surface area contributed by atoms with E-state index in [1.807, 2.05) is 0 Å². The van der Waals surface area contributed by atoms with E-state index in [0.29, 0.717) is 0 Å².